The molecule has 1 aromatic heterocycles. The van der Waals surface area contributed by atoms with Crippen molar-refractivity contribution in [2.45, 2.75) is 12.8 Å². The Bertz CT molecular complexity index is 1000. The number of carbonyl (C=O) groups excluding carboxylic acids is 2. The van der Waals surface area contributed by atoms with Crippen LogP contribution < -0.4 is 15.5 Å². The first-order valence-corrected chi connectivity index (χ1v) is 10.7. The number of aromatic nitrogens is 1. The van der Waals surface area contributed by atoms with Crippen LogP contribution in [-0.2, 0) is 14.3 Å². The Balaban J connectivity index is 1.36. The van der Waals surface area contributed by atoms with Crippen LogP contribution in [0.1, 0.15) is 12.8 Å². The number of piperidine rings is 1. The minimum atomic E-state index is -0.216. The predicted molar refractivity (Wildman–Crippen MR) is 120 cm³/mol. The lowest BCUT2D eigenvalue weighted by Crippen LogP contribution is -2.40. The van der Waals surface area contributed by atoms with E-state index in [1.165, 1.54) is 7.11 Å². The van der Waals surface area contributed by atoms with Gasteiger partial charge in [0.1, 0.15) is 6.61 Å². The van der Waals surface area contributed by atoms with E-state index in [0.717, 1.165) is 34.7 Å². The highest BCUT2D eigenvalue weighted by Crippen LogP contribution is 2.31. The average molecular weight is 425 g/mol. The minimum absolute atomic E-state index is 0.00528. The summed E-state index contributed by atoms with van der Waals surface area (Å²) in [5, 5.41) is 6.71. The number of amides is 2. The Hall–Kier alpha value is -2.97. The first kappa shape index (κ1) is 20.3. The number of para-hydroxylation sites is 1. The second-order valence-electron chi connectivity index (χ2n) is 7.30. The first-order valence-electron chi connectivity index (χ1n) is 9.92. The number of ether oxygens (including phenoxy) is 1. The molecule has 1 atom stereocenters. The standard InChI is InChI=1S/C22H24N4O3S/c1-29-14-20(27)23-16-8-10-17(11-9-16)24-21(28)15-5-4-12-26(13-15)22-25-18-6-2-3-7-19(18)30-22/h2-3,6-11,15H,4-5,12-14H2,1H3,(H,23,27)(H,24,28)/t15-/m1/s1. The van der Waals surface area contributed by atoms with Gasteiger partial charge in [-0.15, -0.1) is 0 Å². The van der Waals surface area contributed by atoms with Crippen LogP contribution in [0.4, 0.5) is 16.5 Å². The molecular weight excluding hydrogens is 400 g/mol. The minimum Gasteiger partial charge on any atom is -0.375 e. The molecule has 1 aliphatic heterocycles. The number of benzene rings is 2. The van der Waals surface area contributed by atoms with Crippen LogP contribution in [0.25, 0.3) is 10.2 Å². The van der Waals surface area contributed by atoms with Crippen LogP contribution in [0.15, 0.2) is 48.5 Å². The van der Waals surface area contributed by atoms with E-state index < -0.39 is 0 Å². The predicted octanol–water partition coefficient (Wildman–Crippen LogP) is 3.74. The number of nitrogens with one attached hydrogen (secondary N) is 2. The lowest BCUT2D eigenvalue weighted by molar-refractivity contribution is -0.120. The van der Waals surface area contributed by atoms with Gasteiger partial charge in [-0.3, -0.25) is 9.59 Å². The van der Waals surface area contributed by atoms with Gasteiger partial charge < -0.3 is 20.3 Å². The van der Waals surface area contributed by atoms with Crippen LogP contribution in [0.3, 0.4) is 0 Å². The number of nitrogens with zero attached hydrogens (tertiary/aromatic N) is 2. The summed E-state index contributed by atoms with van der Waals surface area (Å²) < 4.78 is 5.96. The fraction of sp³-hybridized carbons (Fsp3) is 0.318. The molecule has 0 unspecified atom stereocenters. The van der Waals surface area contributed by atoms with Gasteiger partial charge in [-0.25, -0.2) is 4.98 Å². The summed E-state index contributed by atoms with van der Waals surface area (Å²) in [7, 11) is 1.47. The van der Waals surface area contributed by atoms with Crippen molar-refractivity contribution in [2.24, 2.45) is 5.92 Å². The zero-order chi connectivity index (χ0) is 20.9. The zero-order valence-corrected chi connectivity index (χ0v) is 17.6. The van der Waals surface area contributed by atoms with E-state index >= 15 is 0 Å². The molecule has 156 valence electrons. The molecule has 0 spiro atoms. The second-order valence-corrected chi connectivity index (χ2v) is 8.31. The summed E-state index contributed by atoms with van der Waals surface area (Å²) in [5.74, 6) is -0.296. The Kier molecular flexibility index (Phi) is 6.25. The van der Waals surface area contributed by atoms with Crippen LogP contribution in [-0.4, -0.2) is 43.6 Å². The van der Waals surface area contributed by atoms with E-state index in [-0.39, 0.29) is 24.3 Å². The third-order valence-corrected chi connectivity index (χ3v) is 6.15. The van der Waals surface area contributed by atoms with Gasteiger partial charge in [0.15, 0.2) is 5.13 Å². The molecule has 1 aliphatic rings. The molecule has 2 heterocycles. The third-order valence-electron chi connectivity index (χ3n) is 5.06. The van der Waals surface area contributed by atoms with E-state index in [1.807, 2.05) is 18.2 Å². The molecule has 0 bridgehead atoms. The lowest BCUT2D eigenvalue weighted by Gasteiger charge is -2.31. The van der Waals surface area contributed by atoms with Crippen molar-refractivity contribution in [1.82, 2.24) is 4.98 Å². The maximum atomic E-state index is 12.8. The van der Waals surface area contributed by atoms with Gasteiger partial charge in [-0.1, -0.05) is 23.5 Å². The first-order chi connectivity index (χ1) is 14.6. The van der Waals surface area contributed by atoms with Gasteiger partial charge in [-0.05, 0) is 49.2 Å². The van der Waals surface area contributed by atoms with Crippen molar-refractivity contribution in [1.29, 1.82) is 0 Å². The Morgan fingerprint density at radius 3 is 2.60 bits per heavy atom. The van der Waals surface area contributed by atoms with Gasteiger partial charge in [-0.2, -0.15) is 0 Å². The fourth-order valence-electron chi connectivity index (χ4n) is 3.57. The molecule has 2 amide bonds. The number of rotatable bonds is 6. The van der Waals surface area contributed by atoms with Crippen molar-refractivity contribution >= 4 is 49.9 Å². The second kappa shape index (κ2) is 9.23. The Labute approximate surface area is 179 Å². The largest absolute Gasteiger partial charge is 0.375 e. The molecule has 0 aliphatic carbocycles. The summed E-state index contributed by atoms with van der Waals surface area (Å²) in [6, 6.07) is 15.2. The molecule has 1 saturated heterocycles. The van der Waals surface area contributed by atoms with Crippen molar-refractivity contribution in [3.63, 3.8) is 0 Å². The summed E-state index contributed by atoms with van der Waals surface area (Å²) in [6.45, 7) is 1.58. The molecule has 2 N–H and O–H groups in total. The van der Waals surface area contributed by atoms with E-state index in [9.17, 15) is 9.59 Å². The van der Waals surface area contributed by atoms with Crippen molar-refractivity contribution in [2.75, 3.05) is 42.3 Å². The topological polar surface area (TPSA) is 83.6 Å². The van der Waals surface area contributed by atoms with E-state index in [4.69, 9.17) is 9.72 Å². The molecule has 8 heteroatoms. The number of anilines is 3. The summed E-state index contributed by atoms with van der Waals surface area (Å²) in [5.41, 5.74) is 2.37. The van der Waals surface area contributed by atoms with Gasteiger partial charge in [0.25, 0.3) is 0 Å². The highest BCUT2D eigenvalue weighted by Gasteiger charge is 2.27. The molecule has 3 aromatic rings. The van der Waals surface area contributed by atoms with Gasteiger partial charge in [0.2, 0.25) is 11.8 Å². The van der Waals surface area contributed by atoms with Crippen molar-refractivity contribution in [3.8, 4) is 0 Å². The van der Waals surface area contributed by atoms with Gasteiger partial charge in [0.05, 0.1) is 16.1 Å². The van der Waals surface area contributed by atoms with E-state index in [1.54, 1.807) is 35.6 Å². The maximum absolute atomic E-state index is 12.8. The van der Waals surface area contributed by atoms with Gasteiger partial charge >= 0.3 is 0 Å². The van der Waals surface area contributed by atoms with Gasteiger partial charge in [0, 0.05) is 31.6 Å². The molecular formula is C22H24N4O3S. The summed E-state index contributed by atoms with van der Waals surface area (Å²) >= 11 is 1.67. The Morgan fingerprint density at radius 1 is 1.13 bits per heavy atom. The molecule has 30 heavy (non-hydrogen) atoms. The number of hydrogen-bond acceptors (Lipinski definition) is 6. The number of methoxy groups -OCH3 is 1. The molecule has 1 fully saturated rings. The third kappa shape index (κ3) is 4.77. The number of carbonyl (C=O) groups is 2. The normalized spacial score (nSPS) is 16.4. The maximum Gasteiger partial charge on any atom is 0.250 e. The quantitative estimate of drug-likeness (QED) is 0.630. The zero-order valence-electron chi connectivity index (χ0n) is 16.8. The molecule has 0 radical (unpaired) electrons. The molecule has 7 nitrogen and oxygen atoms in total. The average Bonchev–Trinajstić information content (AvgIpc) is 3.20. The number of hydrogen-bond donors (Lipinski definition) is 2. The summed E-state index contributed by atoms with van der Waals surface area (Å²) in [6.07, 6.45) is 1.82. The molecule has 2 aromatic carbocycles. The fourth-order valence-corrected chi connectivity index (χ4v) is 4.57. The summed E-state index contributed by atoms with van der Waals surface area (Å²) in [4.78, 5) is 31.3. The molecule has 0 saturated carbocycles. The van der Waals surface area contributed by atoms with Crippen molar-refractivity contribution < 1.29 is 14.3 Å². The highest BCUT2D eigenvalue weighted by atomic mass is 32.1. The smallest absolute Gasteiger partial charge is 0.250 e. The monoisotopic (exact) mass is 424 g/mol. The SMILES string of the molecule is COCC(=O)Nc1ccc(NC(=O)[C@@H]2CCCN(c3nc4ccccc4s3)C2)cc1. The van der Waals surface area contributed by atoms with Crippen molar-refractivity contribution in [3.05, 3.63) is 48.5 Å². The lowest BCUT2D eigenvalue weighted by atomic mass is 9.97. The van der Waals surface area contributed by atoms with Crippen LogP contribution in [0.2, 0.25) is 0 Å². The van der Waals surface area contributed by atoms with Crippen LogP contribution >= 0.6 is 11.3 Å². The van der Waals surface area contributed by atoms with Crippen LogP contribution in [0.5, 0.6) is 0 Å². The Morgan fingerprint density at radius 2 is 1.87 bits per heavy atom. The van der Waals surface area contributed by atoms with Crippen LogP contribution in [0, 0.1) is 5.92 Å². The highest BCUT2D eigenvalue weighted by molar-refractivity contribution is 7.22. The number of fused-ring (bicyclic) bond motifs is 1. The molecule has 4 rings (SSSR count). The van der Waals surface area contributed by atoms with E-state index in [2.05, 4.69) is 21.6 Å². The van der Waals surface area contributed by atoms with E-state index in [0.29, 0.717) is 17.9 Å². The number of thiazole rings is 1.